The largest absolute Gasteiger partial charge is 0.284 e. The van der Waals surface area contributed by atoms with Crippen molar-refractivity contribution in [3.63, 3.8) is 0 Å². The highest BCUT2D eigenvalue weighted by Gasteiger charge is 2.24. The lowest BCUT2D eigenvalue weighted by atomic mass is 10.2. The molecule has 4 aromatic rings. The summed E-state index contributed by atoms with van der Waals surface area (Å²) in [4.78, 5) is 19.0. The Kier molecular flexibility index (Phi) is 6.55. The average Bonchev–Trinajstić information content (AvgIpc) is 3.22. The molecule has 0 atom stereocenters. The summed E-state index contributed by atoms with van der Waals surface area (Å²) in [5.41, 5.74) is 1.04. The first kappa shape index (κ1) is 22.4. The number of thiazole rings is 1. The van der Waals surface area contributed by atoms with E-state index in [-0.39, 0.29) is 29.1 Å². The first-order valence-electron chi connectivity index (χ1n) is 9.71. The summed E-state index contributed by atoms with van der Waals surface area (Å²) in [6.45, 7) is 0.197. The average molecular weight is 489 g/mol. The minimum absolute atomic E-state index is 0.103. The predicted octanol–water partition coefficient (Wildman–Crippen LogP) is 5.49. The number of para-hydroxylation sites is 1. The normalized spacial score (nSPS) is 11.6. The Bertz CT molecular complexity index is 1360. The van der Waals surface area contributed by atoms with Crippen molar-refractivity contribution in [3.8, 4) is 0 Å². The molecule has 0 aliphatic rings. The van der Waals surface area contributed by atoms with Crippen molar-refractivity contribution in [1.29, 1.82) is 0 Å². The van der Waals surface area contributed by atoms with Crippen LogP contribution in [0.3, 0.4) is 0 Å². The molecule has 0 aliphatic heterocycles. The first-order valence-corrected chi connectivity index (χ1v) is 12.6. The van der Waals surface area contributed by atoms with Gasteiger partial charge in [0.15, 0.2) is 15.0 Å². The number of halogens is 2. The molecule has 4 rings (SSSR count). The number of benzene rings is 3. The van der Waals surface area contributed by atoms with E-state index in [1.54, 1.807) is 12.1 Å². The Morgan fingerprint density at radius 3 is 2.41 bits per heavy atom. The third kappa shape index (κ3) is 4.98. The van der Waals surface area contributed by atoms with Gasteiger partial charge in [0, 0.05) is 11.4 Å². The number of carbonyl (C=O) groups is 1. The zero-order valence-corrected chi connectivity index (χ0v) is 19.1. The number of hydrogen-bond acceptors (Lipinski definition) is 5. The molecule has 0 aliphatic carbocycles. The van der Waals surface area contributed by atoms with Crippen molar-refractivity contribution in [1.82, 2.24) is 4.98 Å². The maximum absolute atomic E-state index is 14.2. The van der Waals surface area contributed by atoms with Gasteiger partial charge in [-0.15, -0.1) is 0 Å². The van der Waals surface area contributed by atoms with Crippen molar-refractivity contribution >= 4 is 54.0 Å². The minimum Gasteiger partial charge on any atom is -0.284 e. The number of aromatic nitrogens is 1. The Hall–Kier alpha value is -2.81. The van der Waals surface area contributed by atoms with Crippen molar-refractivity contribution in [2.75, 3.05) is 10.7 Å². The van der Waals surface area contributed by atoms with Crippen LogP contribution in [0.15, 0.2) is 77.7 Å². The topological polar surface area (TPSA) is 67.3 Å². The zero-order chi connectivity index (χ0) is 22.7. The summed E-state index contributed by atoms with van der Waals surface area (Å²) in [5.74, 6) is -1.24. The second-order valence-electron chi connectivity index (χ2n) is 7.07. The molecule has 1 amide bonds. The monoisotopic (exact) mass is 488 g/mol. The number of carbonyl (C=O) groups excluding carboxylic acids is 1. The number of sulfone groups is 1. The quantitative estimate of drug-likeness (QED) is 0.345. The Morgan fingerprint density at radius 1 is 1.00 bits per heavy atom. The maximum atomic E-state index is 14.2. The van der Waals surface area contributed by atoms with E-state index in [4.69, 9.17) is 11.6 Å². The van der Waals surface area contributed by atoms with E-state index in [0.717, 1.165) is 5.56 Å². The molecule has 1 aromatic heterocycles. The summed E-state index contributed by atoms with van der Waals surface area (Å²) >= 11 is 7.02. The molecule has 0 fully saturated rings. The molecule has 0 N–H and O–H groups in total. The van der Waals surface area contributed by atoms with Crippen LogP contribution in [0, 0.1) is 5.82 Å². The van der Waals surface area contributed by atoms with Crippen molar-refractivity contribution < 1.29 is 17.6 Å². The number of hydrogen-bond donors (Lipinski definition) is 0. The fourth-order valence-corrected chi connectivity index (χ4v) is 5.52. The third-order valence-electron chi connectivity index (χ3n) is 4.83. The van der Waals surface area contributed by atoms with Gasteiger partial charge >= 0.3 is 0 Å². The molecule has 0 spiro atoms. The molecule has 1 heterocycles. The van der Waals surface area contributed by atoms with Gasteiger partial charge in [0.25, 0.3) is 0 Å². The molecule has 164 valence electrons. The van der Waals surface area contributed by atoms with Gasteiger partial charge < -0.3 is 0 Å². The van der Waals surface area contributed by atoms with E-state index in [9.17, 15) is 17.6 Å². The second kappa shape index (κ2) is 9.36. The number of anilines is 1. The predicted molar refractivity (Wildman–Crippen MR) is 125 cm³/mol. The molecule has 0 saturated carbocycles. The lowest BCUT2D eigenvalue weighted by molar-refractivity contribution is -0.118. The van der Waals surface area contributed by atoms with Gasteiger partial charge in [0.05, 0.1) is 21.9 Å². The number of nitrogens with zero attached hydrogens (tertiary/aromatic N) is 2. The molecule has 0 bridgehead atoms. The maximum Gasteiger partial charge on any atom is 0.230 e. The standard InChI is InChI=1S/C23H18ClFN2O3S2/c24-17-9-11-18(12-10-17)32(29,30)14-13-21(28)27(15-16-5-2-1-3-6-16)23-26-22-19(25)7-4-8-20(22)31-23/h1-12H,13-15H2. The fourth-order valence-electron chi connectivity index (χ4n) is 3.16. The van der Waals surface area contributed by atoms with Crippen LogP contribution in [0.2, 0.25) is 5.02 Å². The van der Waals surface area contributed by atoms with Crippen LogP contribution in [0.25, 0.3) is 10.2 Å². The Morgan fingerprint density at radius 2 is 1.72 bits per heavy atom. The van der Waals surface area contributed by atoms with E-state index in [2.05, 4.69) is 4.98 Å². The van der Waals surface area contributed by atoms with Crippen LogP contribution in [0.5, 0.6) is 0 Å². The molecular weight excluding hydrogens is 471 g/mol. The van der Waals surface area contributed by atoms with E-state index in [1.807, 2.05) is 30.3 Å². The summed E-state index contributed by atoms with van der Waals surface area (Å²) < 4.78 is 40.1. The van der Waals surface area contributed by atoms with Crippen molar-refractivity contribution in [2.45, 2.75) is 17.9 Å². The van der Waals surface area contributed by atoms with Crippen LogP contribution in [0.4, 0.5) is 9.52 Å². The highest BCUT2D eigenvalue weighted by molar-refractivity contribution is 7.91. The van der Waals surface area contributed by atoms with E-state index < -0.39 is 21.6 Å². The minimum atomic E-state index is -3.68. The van der Waals surface area contributed by atoms with Gasteiger partial charge in [-0.25, -0.2) is 17.8 Å². The summed E-state index contributed by atoms with van der Waals surface area (Å²) in [7, 11) is -3.68. The second-order valence-corrected chi connectivity index (χ2v) is 10.6. The lowest BCUT2D eigenvalue weighted by Gasteiger charge is -2.20. The molecule has 0 radical (unpaired) electrons. The summed E-state index contributed by atoms with van der Waals surface area (Å²) in [6, 6.07) is 19.7. The number of rotatable bonds is 7. The SMILES string of the molecule is O=C(CCS(=O)(=O)c1ccc(Cl)cc1)N(Cc1ccccc1)c1nc2c(F)cccc2s1. The fraction of sp³-hybridized carbons (Fsp3) is 0.130. The Labute approximate surface area is 194 Å². The van der Waals surface area contributed by atoms with Gasteiger partial charge in [-0.05, 0) is 42.0 Å². The molecule has 5 nitrogen and oxygen atoms in total. The lowest BCUT2D eigenvalue weighted by Crippen LogP contribution is -2.31. The number of fused-ring (bicyclic) bond motifs is 1. The van der Waals surface area contributed by atoms with Gasteiger partial charge in [-0.1, -0.05) is 59.3 Å². The Balaban J connectivity index is 1.61. The highest BCUT2D eigenvalue weighted by atomic mass is 35.5. The zero-order valence-electron chi connectivity index (χ0n) is 16.7. The van der Waals surface area contributed by atoms with Crippen LogP contribution in [-0.4, -0.2) is 25.1 Å². The van der Waals surface area contributed by atoms with Crippen molar-refractivity contribution in [3.05, 3.63) is 89.2 Å². The third-order valence-corrected chi connectivity index (χ3v) is 7.86. The smallest absolute Gasteiger partial charge is 0.230 e. The molecule has 0 unspecified atom stereocenters. The van der Waals surface area contributed by atoms with Gasteiger partial charge in [0.1, 0.15) is 11.3 Å². The number of amides is 1. The summed E-state index contributed by atoms with van der Waals surface area (Å²) in [5, 5.41) is 0.750. The summed E-state index contributed by atoms with van der Waals surface area (Å²) in [6.07, 6.45) is -0.240. The molecule has 9 heteroatoms. The van der Waals surface area contributed by atoms with Gasteiger partial charge in [0.2, 0.25) is 5.91 Å². The van der Waals surface area contributed by atoms with Gasteiger partial charge in [-0.2, -0.15) is 0 Å². The van der Waals surface area contributed by atoms with E-state index in [1.165, 1.54) is 46.6 Å². The van der Waals surface area contributed by atoms with Gasteiger partial charge in [-0.3, -0.25) is 9.69 Å². The van der Waals surface area contributed by atoms with Crippen LogP contribution >= 0.6 is 22.9 Å². The molecule has 3 aromatic carbocycles. The van der Waals surface area contributed by atoms with Crippen molar-refractivity contribution in [2.24, 2.45) is 0 Å². The van der Waals surface area contributed by atoms with Crippen LogP contribution < -0.4 is 4.90 Å². The van der Waals surface area contributed by atoms with E-state index in [0.29, 0.717) is 14.9 Å². The van der Waals surface area contributed by atoms with Crippen LogP contribution in [-0.2, 0) is 21.2 Å². The van der Waals surface area contributed by atoms with E-state index >= 15 is 0 Å². The highest BCUT2D eigenvalue weighted by Crippen LogP contribution is 2.31. The molecule has 0 saturated heterocycles. The van der Waals surface area contributed by atoms with Crippen LogP contribution in [0.1, 0.15) is 12.0 Å². The molecule has 32 heavy (non-hydrogen) atoms. The molecular formula is C23H18ClFN2O3S2. The first-order chi connectivity index (χ1) is 15.3.